The number of phenolic OH excluding ortho intramolecular Hbond substituents is 1. The van der Waals surface area contributed by atoms with Crippen LogP contribution in [0.4, 0.5) is 0 Å². The Morgan fingerprint density at radius 3 is 2.62 bits per heavy atom. The summed E-state index contributed by atoms with van der Waals surface area (Å²) in [5.41, 5.74) is 5.63. The van der Waals surface area contributed by atoms with Gasteiger partial charge in [-0.25, -0.2) is 5.43 Å². The van der Waals surface area contributed by atoms with Crippen molar-refractivity contribution in [3.63, 3.8) is 0 Å². The Balaban J connectivity index is 1.78. The van der Waals surface area contributed by atoms with Crippen molar-refractivity contribution >= 4 is 12.1 Å². The number of hydrazone groups is 1. The molecule has 2 aromatic carbocycles. The van der Waals surface area contributed by atoms with E-state index in [0.29, 0.717) is 5.56 Å². The number of nitrogens with zero attached hydrogens (tertiary/aromatic N) is 2. The molecular weight excluding hydrogens is 330 g/mol. The Labute approximate surface area is 151 Å². The van der Waals surface area contributed by atoms with Crippen LogP contribution in [0.5, 0.6) is 11.5 Å². The molecule has 0 spiro atoms. The highest BCUT2D eigenvalue weighted by Crippen LogP contribution is 2.19. The van der Waals surface area contributed by atoms with E-state index < -0.39 is 5.91 Å². The van der Waals surface area contributed by atoms with Crippen molar-refractivity contribution in [2.24, 2.45) is 5.10 Å². The van der Waals surface area contributed by atoms with Crippen molar-refractivity contribution in [1.82, 2.24) is 9.99 Å². The van der Waals surface area contributed by atoms with Gasteiger partial charge >= 0.3 is 0 Å². The third-order valence-electron chi connectivity index (χ3n) is 3.91. The maximum absolute atomic E-state index is 12.1. The SMILES string of the molecule is COc1ccc(-n2c(C)ccc2/C=N\NC(=O)c2cccc(O)c2)cc1. The van der Waals surface area contributed by atoms with Gasteiger partial charge in [-0.05, 0) is 61.5 Å². The van der Waals surface area contributed by atoms with Gasteiger partial charge in [-0.1, -0.05) is 6.07 Å². The molecule has 0 saturated carbocycles. The van der Waals surface area contributed by atoms with E-state index in [-0.39, 0.29) is 5.75 Å². The number of methoxy groups -OCH3 is 1. The molecule has 1 amide bonds. The number of ether oxygens (including phenoxy) is 1. The van der Waals surface area contributed by atoms with Crippen LogP contribution in [0.25, 0.3) is 5.69 Å². The lowest BCUT2D eigenvalue weighted by Crippen LogP contribution is -2.17. The van der Waals surface area contributed by atoms with Crippen LogP contribution in [0.2, 0.25) is 0 Å². The van der Waals surface area contributed by atoms with E-state index in [1.165, 1.54) is 12.1 Å². The van der Waals surface area contributed by atoms with Crippen LogP contribution >= 0.6 is 0 Å². The fourth-order valence-electron chi connectivity index (χ4n) is 2.61. The lowest BCUT2D eigenvalue weighted by atomic mass is 10.2. The number of nitrogens with one attached hydrogen (secondary N) is 1. The van der Waals surface area contributed by atoms with Crippen molar-refractivity contribution < 1.29 is 14.6 Å². The van der Waals surface area contributed by atoms with Crippen molar-refractivity contribution in [3.05, 3.63) is 77.6 Å². The van der Waals surface area contributed by atoms with Crippen LogP contribution in [-0.4, -0.2) is 28.9 Å². The zero-order valence-electron chi connectivity index (χ0n) is 14.5. The summed E-state index contributed by atoms with van der Waals surface area (Å²) in [4.78, 5) is 12.1. The number of hydrogen-bond donors (Lipinski definition) is 2. The summed E-state index contributed by atoms with van der Waals surface area (Å²) in [6.07, 6.45) is 1.58. The first-order chi connectivity index (χ1) is 12.6. The van der Waals surface area contributed by atoms with Gasteiger partial charge in [-0.15, -0.1) is 0 Å². The van der Waals surface area contributed by atoms with Crippen LogP contribution in [0.15, 0.2) is 65.8 Å². The molecule has 0 unspecified atom stereocenters. The van der Waals surface area contributed by atoms with E-state index in [1.54, 1.807) is 25.5 Å². The number of hydrogen-bond acceptors (Lipinski definition) is 4. The number of aryl methyl sites for hydroxylation is 1. The van der Waals surface area contributed by atoms with E-state index in [0.717, 1.165) is 22.8 Å². The van der Waals surface area contributed by atoms with Gasteiger partial charge in [0.1, 0.15) is 11.5 Å². The molecule has 0 aliphatic rings. The van der Waals surface area contributed by atoms with E-state index in [4.69, 9.17) is 4.74 Å². The first-order valence-electron chi connectivity index (χ1n) is 8.03. The second-order valence-corrected chi connectivity index (χ2v) is 5.68. The van der Waals surface area contributed by atoms with Crippen LogP contribution in [0, 0.1) is 6.92 Å². The predicted octanol–water partition coefficient (Wildman–Crippen LogP) is 3.26. The molecule has 6 nitrogen and oxygen atoms in total. The third kappa shape index (κ3) is 3.75. The molecule has 26 heavy (non-hydrogen) atoms. The summed E-state index contributed by atoms with van der Waals surface area (Å²) in [7, 11) is 1.63. The minimum absolute atomic E-state index is 0.0330. The smallest absolute Gasteiger partial charge is 0.271 e. The standard InChI is InChI=1S/C20H19N3O3/c1-14-6-7-17(23(14)16-8-10-19(26-2)11-9-16)13-21-22-20(25)15-4-3-5-18(24)12-15/h3-13,24H,1-2H3,(H,22,25)/b21-13-. The van der Waals surface area contributed by atoms with E-state index in [1.807, 2.05) is 47.9 Å². The van der Waals surface area contributed by atoms with Gasteiger partial charge in [0.15, 0.2) is 0 Å². The number of rotatable bonds is 5. The summed E-state index contributed by atoms with van der Waals surface area (Å²) < 4.78 is 7.21. The zero-order chi connectivity index (χ0) is 18.5. The van der Waals surface area contributed by atoms with Gasteiger partial charge < -0.3 is 14.4 Å². The molecule has 0 radical (unpaired) electrons. The van der Waals surface area contributed by atoms with Gasteiger partial charge in [-0.3, -0.25) is 4.79 Å². The highest BCUT2D eigenvalue weighted by molar-refractivity contribution is 5.95. The maximum Gasteiger partial charge on any atom is 0.271 e. The Bertz CT molecular complexity index is 943. The van der Waals surface area contributed by atoms with Crippen LogP contribution in [0.1, 0.15) is 21.7 Å². The van der Waals surface area contributed by atoms with Gasteiger partial charge in [0, 0.05) is 16.9 Å². The molecule has 132 valence electrons. The Kier molecular flexibility index (Phi) is 5.03. The fourth-order valence-corrected chi connectivity index (χ4v) is 2.61. The minimum atomic E-state index is -0.392. The first kappa shape index (κ1) is 17.3. The molecule has 3 rings (SSSR count). The van der Waals surface area contributed by atoms with Gasteiger partial charge in [0.2, 0.25) is 0 Å². The van der Waals surface area contributed by atoms with E-state index >= 15 is 0 Å². The lowest BCUT2D eigenvalue weighted by molar-refractivity contribution is 0.0954. The second kappa shape index (κ2) is 7.57. The summed E-state index contributed by atoms with van der Waals surface area (Å²) in [6.45, 7) is 1.99. The Morgan fingerprint density at radius 1 is 1.15 bits per heavy atom. The Hall–Kier alpha value is -3.54. The third-order valence-corrected chi connectivity index (χ3v) is 3.91. The van der Waals surface area contributed by atoms with E-state index in [2.05, 4.69) is 10.5 Å². The molecule has 3 aromatic rings. The van der Waals surface area contributed by atoms with Gasteiger partial charge in [-0.2, -0.15) is 5.10 Å². The highest BCUT2D eigenvalue weighted by atomic mass is 16.5. The lowest BCUT2D eigenvalue weighted by Gasteiger charge is -2.10. The second-order valence-electron chi connectivity index (χ2n) is 5.68. The monoisotopic (exact) mass is 349 g/mol. The molecule has 0 aliphatic carbocycles. The molecule has 1 heterocycles. The average Bonchev–Trinajstić information content (AvgIpc) is 3.02. The van der Waals surface area contributed by atoms with E-state index in [9.17, 15) is 9.90 Å². The number of aromatic hydroxyl groups is 1. The number of benzene rings is 2. The maximum atomic E-state index is 12.1. The van der Waals surface area contributed by atoms with Gasteiger partial charge in [0.25, 0.3) is 5.91 Å². The summed E-state index contributed by atoms with van der Waals surface area (Å²) >= 11 is 0. The molecule has 0 bridgehead atoms. The molecule has 1 aromatic heterocycles. The molecule has 2 N–H and O–H groups in total. The molecular formula is C20H19N3O3. The molecule has 6 heteroatoms. The number of carbonyl (C=O) groups excluding carboxylic acids is 1. The zero-order valence-corrected chi connectivity index (χ0v) is 14.5. The molecule has 0 atom stereocenters. The Morgan fingerprint density at radius 2 is 1.92 bits per heavy atom. The first-order valence-corrected chi connectivity index (χ1v) is 8.03. The van der Waals surface area contributed by atoms with Gasteiger partial charge in [0.05, 0.1) is 19.0 Å². The van der Waals surface area contributed by atoms with Crippen LogP contribution in [0.3, 0.4) is 0 Å². The summed E-state index contributed by atoms with van der Waals surface area (Å²) in [5, 5.41) is 13.5. The average molecular weight is 349 g/mol. The van der Waals surface area contributed by atoms with Crippen molar-refractivity contribution in [2.75, 3.05) is 7.11 Å². The van der Waals surface area contributed by atoms with Crippen LogP contribution in [-0.2, 0) is 0 Å². The number of aromatic nitrogens is 1. The molecule has 0 saturated heterocycles. The number of carbonyl (C=O) groups is 1. The fraction of sp³-hybridized carbons (Fsp3) is 0.100. The normalized spacial score (nSPS) is 10.8. The van der Waals surface area contributed by atoms with Crippen LogP contribution < -0.4 is 10.2 Å². The van der Waals surface area contributed by atoms with Crippen molar-refractivity contribution in [1.29, 1.82) is 0 Å². The molecule has 0 fully saturated rings. The largest absolute Gasteiger partial charge is 0.508 e. The minimum Gasteiger partial charge on any atom is -0.508 e. The molecule has 0 aliphatic heterocycles. The topological polar surface area (TPSA) is 75.8 Å². The van der Waals surface area contributed by atoms with Crippen molar-refractivity contribution in [3.8, 4) is 17.2 Å². The highest BCUT2D eigenvalue weighted by Gasteiger charge is 2.07. The summed E-state index contributed by atoms with van der Waals surface area (Å²) in [6, 6.07) is 17.7. The summed E-state index contributed by atoms with van der Waals surface area (Å²) in [5.74, 6) is 0.425. The number of phenols is 1. The quantitative estimate of drug-likeness (QED) is 0.548. The predicted molar refractivity (Wildman–Crippen MR) is 100 cm³/mol. The van der Waals surface area contributed by atoms with Crippen molar-refractivity contribution in [2.45, 2.75) is 6.92 Å². The number of amides is 1.